The van der Waals surface area contributed by atoms with Gasteiger partial charge in [0.2, 0.25) is 0 Å². The quantitative estimate of drug-likeness (QED) is 0.226. The van der Waals surface area contributed by atoms with E-state index in [9.17, 15) is 23.4 Å². The predicted molar refractivity (Wildman–Crippen MR) is 113 cm³/mol. The van der Waals surface area contributed by atoms with Crippen molar-refractivity contribution in [3.05, 3.63) is 59.7 Å². The van der Waals surface area contributed by atoms with Gasteiger partial charge in [-0.3, -0.25) is 4.52 Å². The number of nitrogens with one attached hydrogen (secondary N) is 1. The second kappa shape index (κ2) is 10.2. The first-order valence-electron chi connectivity index (χ1n) is 9.24. The van der Waals surface area contributed by atoms with Gasteiger partial charge in [0.25, 0.3) is 0 Å². The average Bonchev–Trinajstić information content (AvgIpc) is 3.01. The molecule has 0 radical (unpaired) electrons. The first-order chi connectivity index (χ1) is 15.4. The summed E-state index contributed by atoms with van der Waals surface area (Å²) in [7, 11) is -16.3. The van der Waals surface area contributed by atoms with Gasteiger partial charge in [0, 0.05) is 12.5 Å². The van der Waals surface area contributed by atoms with Crippen LogP contribution in [0.2, 0.25) is 0 Å². The zero-order chi connectivity index (χ0) is 24.3. The largest absolute Gasteiger partial charge is 0.490 e. The number of rotatable bonds is 10. The number of hydrogen-bond donors (Lipinski definition) is 5. The first kappa shape index (κ1) is 25.7. The predicted octanol–water partition coefficient (Wildman–Crippen LogP) is 2.87. The number of benzene rings is 2. The summed E-state index contributed by atoms with van der Waals surface area (Å²) in [6, 6.07) is 15.5. The standard InChI is InChI=1S/C17H20NO12P3/c19-17(18-9-10-28-32(23,24)30-33(25,26)29-31(20,21)22)27-11-16-14-7-3-1-5-12(14)13-6-2-4-8-15(13)16/h1-8,16H,9-11H2,(H,18,19)(H,23,24)(H,25,26)(H2,20,21,22). The van der Waals surface area contributed by atoms with Crippen LogP contribution in [0.25, 0.3) is 11.1 Å². The highest BCUT2D eigenvalue weighted by atomic mass is 31.3. The van der Waals surface area contributed by atoms with Crippen LogP contribution in [0.3, 0.4) is 0 Å². The van der Waals surface area contributed by atoms with E-state index in [1.54, 1.807) is 0 Å². The smallest absolute Gasteiger partial charge is 0.449 e. The fourth-order valence-corrected chi connectivity index (χ4v) is 6.28. The minimum Gasteiger partial charge on any atom is -0.449 e. The SMILES string of the molecule is O=C(NCCOP(=O)(O)OP(=O)(O)OP(=O)(O)O)OCC1c2ccccc2-c2ccccc21. The second-order valence-electron chi connectivity index (χ2n) is 6.68. The highest BCUT2D eigenvalue weighted by Gasteiger charge is 2.40. The summed E-state index contributed by atoms with van der Waals surface area (Å²) in [5, 5.41) is 2.27. The van der Waals surface area contributed by atoms with Crippen LogP contribution in [0, 0.1) is 0 Å². The van der Waals surface area contributed by atoms with Crippen molar-refractivity contribution >= 4 is 29.6 Å². The summed E-state index contributed by atoms with van der Waals surface area (Å²) >= 11 is 0. The molecule has 1 aliphatic rings. The molecule has 2 unspecified atom stereocenters. The Morgan fingerprint density at radius 3 is 1.94 bits per heavy atom. The van der Waals surface area contributed by atoms with Crippen molar-refractivity contribution in [3.63, 3.8) is 0 Å². The summed E-state index contributed by atoms with van der Waals surface area (Å²) < 4.78 is 50.2. The molecule has 0 bridgehead atoms. The molecule has 2 atom stereocenters. The summed E-state index contributed by atoms with van der Waals surface area (Å²) in [6.45, 7) is -0.969. The molecular formula is C17H20NO12P3. The maximum absolute atomic E-state index is 12.0. The highest BCUT2D eigenvalue weighted by Crippen LogP contribution is 2.66. The number of fused-ring (bicyclic) bond motifs is 3. The molecule has 1 amide bonds. The van der Waals surface area contributed by atoms with Crippen LogP contribution in [0.5, 0.6) is 0 Å². The van der Waals surface area contributed by atoms with E-state index in [2.05, 4.69) is 18.5 Å². The zero-order valence-electron chi connectivity index (χ0n) is 16.7. The van der Waals surface area contributed by atoms with E-state index in [1.165, 1.54) is 0 Å². The molecule has 33 heavy (non-hydrogen) atoms. The number of phosphoric acid groups is 3. The third-order valence-corrected chi connectivity index (χ3v) is 8.22. The lowest BCUT2D eigenvalue weighted by Crippen LogP contribution is -2.29. The number of ether oxygens (including phenoxy) is 1. The Hall–Kier alpha value is -1.88. The van der Waals surface area contributed by atoms with Crippen molar-refractivity contribution in [2.75, 3.05) is 19.8 Å². The third kappa shape index (κ3) is 7.30. The Labute approximate surface area is 187 Å². The molecule has 13 nitrogen and oxygen atoms in total. The maximum Gasteiger partial charge on any atom is 0.490 e. The summed E-state index contributed by atoms with van der Waals surface area (Å²) in [5.41, 5.74) is 4.13. The van der Waals surface area contributed by atoms with E-state index >= 15 is 0 Å². The number of hydrogen-bond acceptors (Lipinski definition) is 8. The minimum atomic E-state index is -5.59. The monoisotopic (exact) mass is 523 g/mol. The van der Waals surface area contributed by atoms with Gasteiger partial charge in [-0.05, 0) is 22.3 Å². The van der Waals surface area contributed by atoms with Gasteiger partial charge in [0.15, 0.2) is 0 Å². The number of carbonyl (C=O) groups is 1. The highest BCUT2D eigenvalue weighted by molar-refractivity contribution is 7.66. The molecule has 1 aliphatic carbocycles. The van der Waals surface area contributed by atoms with E-state index < -0.39 is 36.2 Å². The Morgan fingerprint density at radius 2 is 1.39 bits per heavy atom. The number of phosphoric ester groups is 1. The van der Waals surface area contributed by atoms with Gasteiger partial charge >= 0.3 is 29.6 Å². The number of alkyl carbamates (subject to hydrolysis) is 1. The lowest BCUT2D eigenvalue weighted by Gasteiger charge is -2.16. The maximum atomic E-state index is 12.0. The van der Waals surface area contributed by atoms with Gasteiger partial charge in [-0.2, -0.15) is 8.62 Å². The lowest BCUT2D eigenvalue weighted by atomic mass is 9.98. The number of carbonyl (C=O) groups excluding carboxylic acids is 1. The fraction of sp³-hybridized carbons (Fsp3) is 0.235. The van der Waals surface area contributed by atoms with Crippen LogP contribution < -0.4 is 5.32 Å². The van der Waals surface area contributed by atoms with E-state index in [4.69, 9.17) is 19.4 Å². The zero-order valence-corrected chi connectivity index (χ0v) is 19.4. The molecule has 0 aromatic heterocycles. The number of amides is 1. The molecule has 0 saturated heterocycles. The van der Waals surface area contributed by atoms with Gasteiger partial charge in [-0.15, -0.1) is 0 Å². The molecule has 5 N–H and O–H groups in total. The topological polar surface area (TPSA) is 198 Å². The molecule has 3 rings (SSSR count). The lowest BCUT2D eigenvalue weighted by molar-refractivity contribution is 0.136. The van der Waals surface area contributed by atoms with Crippen LogP contribution in [0.15, 0.2) is 48.5 Å². The van der Waals surface area contributed by atoms with E-state index in [1.807, 2.05) is 48.5 Å². The Balaban J connectivity index is 1.46. The fourth-order valence-electron chi connectivity index (χ4n) is 3.27. The van der Waals surface area contributed by atoms with Gasteiger partial charge in [0.1, 0.15) is 6.61 Å². The molecule has 180 valence electrons. The van der Waals surface area contributed by atoms with Gasteiger partial charge in [0.05, 0.1) is 6.61 Å². The minimum absolute atomic E-state index is 0.0374. The molecule has 0 heterocycles. The molecule has 0 aliphatic heterocycles. The van der Waals surface area contributed by atoms with Crippen molar-refractivity contribution < 1.29 is 55.9 Å². The molecule has 2 aromatic rings. The summed E-state index contributed by atoms with van der Waals surface area (Å²) in [4.78, 5) is 47.3. The van der Waals surface area contributed by atoms with Crippen molar-refractivity contribution in [1.82, 2.24) is 5.32 Å². The van der Waals surface area contributed by atoms with E-state index in [-0.39, 0.29) is 19.1 Å². The normalized spacial score (nSPS) is 16.8. The van der Waals surface area contributed by atoms with Crippen molar-refractivity contribution in [2.45, 2.75) is 5.92 Å². The summed E-state index contributed by atoms with van der Waals surface area (Å²) in [6.07, 6.45) is -0.841. The van der Waals surface area contributed by atoms with Crippen LogP contribution in [-0.4, -0.2) is 45.4 Å². The molecule has 0 fully saturated rings. The third-order valence-electron chi connectivity index (χ3n) is 4.39. The second-order valence-corrected chi connectivity index (χ2v) is 11.1. The molecule has 16 heteroatoms. The summed E-state index contributed by atoms with van der Waals surface area (Å²) in [5.74, 6) is -0.168. The van der Waals surface area contributed by atoms with Crippen LogP contribution in [0.4, 0.5) is 4.79 Å². The Morgan fingerprint density at radius 1 is 0.848 bits per heavy atom. The van der Waals surface area contributed by atoms with Crippen molar-refractivity contribution in [2.24, 2.45) is 0 Å². The van der Waals surface area contributed by atoms with Crippen LogP contribution in [0.1, 0.15) is 17.0 Å². The molecular weight excluding hydrogens is 503 g/mol. The van der Waals surface area contributed by atoms with Crippen LogP contribution >= 0.6 is 23.5 Å². The Kier molecular flexibility index (Phi) is 7.93. The van der Waals surface area contributed by atoms with Crippen molar-refractivity contribution in [1.29, 1.82) is 0 Å². The van der Waals surface area contributed by atoms with Gasteiger partial charge in [-0.1, -0.05) is 48.5 Å². The van der Waals surface area contributed by atoms with Crippen molar-refractivity contribution in [3.8, 4) is 11.1 Å². The molecule has 0 spiro atoms. The van der Waals surface area contributed by atoms with E-state index in [0.29, 0.717) is 0 Å². The van der Waals surface area contributed by atoms with Gasteiger partial charge < -0.3 is 29.6 Å². The average molecular weight is 523 g/mol. The molecule has 0 saturated carbocycles. The van der Waals surface area contributed by atoms with E-state index in [0.717, 1.165) is 22.3 Å². The first-order valence-corrected chi connectivity index (χ1v) is 13.8. The van der Waals surface area contributed by atoms with Gasteiger partial charge in [-0.25, -0.2) is 18.5 Å². The Bertz CT molecular complexity index is 1120. The van der Waals surface area contributed by atoms with Crippen LogP contribution in [-0.2, 0) is 31.6 Å². The molecule has 2 aromatic carbocycles.